The molecule has 0 aromatic carbocycles. The van der Waals surface area contributed by atoms with Gasteiger partial charge in [-0.3, -0.25) is 23.7 Å². The molecule has 1 aromatic rings. The Hall–Kier alpha value is -1.01. The number of aromatic amines is 1. The van der Waals surface area contributed by atoms with Gasteiger partial charge in [0.05, 0.1) is 12.7 Å². The van der Waals surface area contributed by atoms with Crippen molar-refractivity contribution in [3.05, 3.63) is 33.1 Å². The Morgan fingerprint density at radius 2 is 2.17 bits per heavy atom. The van der Waals surface area contributed by atoms with Crippen LogP contribution in [0.3, 0.4) is 0 Å². The number of ether oxygens (including phenoxy) is 2. The minimum Gasteiger partial charge on any atom is -0.462 e. The van der Waals surface area contributed by atoms with Gasteiger partial charge in [0.1, 0.15) is 18.2 Å². The van der Waals surface area contributed by atoms with Gasteiger partial charge < -0.3 is 19.1 Å². The van der Waals surface area contributed by atoms with Crippen molar-refractivity contribution in [2.75, 3.05) is 6.61 Å². The average molecular weight is 519 g/mol. The lowest BCUT2D eigenvalue weighted by Crippen LogP contribution is -2.40. The van der Waals surface area contributed by atoms with Gasteiger partial charge in [0, 0.05) is 12.3 Å². The molecule has 14 heteroatoms. The number of carbonyl (C=O) groups is 1. The number of hydrogen-bond acceptors (Lipinski definition) is 8. The van der Waals surface area contributed by atoms with Crippen LogP contribution in [-0.2, 0) is 23.4 Å². The van der Waals surface area contributed by atoms with Gasteiger partial charge in [-0.05, 0) is 20.8 Å². The summed E-state index contributed by atoms with van der Waals surface area (Å²) in [4.78, 5) is 37.0. The van der Waals surface area contributed by atoms with Crippen molar-refractivity contribution in [3.8, 4) is 0 Å². The number of nitrogens with zero attached hydrogens (tertiary/aromatic N) is 1. The third-order valence-electron chi connectivity index (χ3n) is 3.90. The number of aliphatic hydroxyl groups excluding tert-OH is 1. The Bertz CT molecular complexity index is 876. The number of esters is 1. The Kier molecular flexibility index (Phi) is 8.25. The highest BCUT2D eigenvalue weighted by Crippen LogP contribution is 2.47. The molecule has 1 unspecified atom stereocenters. The Labute approximate surface area is 179 Å². The Morgan fingerprint density at radius 1 is 1.52 bits per heavy atom. The molecule has 0 aliphatic carbocycles. The molecule has 1 aliphatic rings. The number of aromatic nitrogens is 2. The fourth-order valence-electron chi connectivity index (χ4n) is 2.49. The predicted octanol–water partition coefficient (Wildman–Crippen LogP) is 0.461. The van der Waals surface area contributed by atoms with Crippen LogP contribution in [0.25, 0.3) is 0 Å². The third-order valence-corrected chi connectivity index (χ3v) is 6.27. The second-order valence-corrected chi connectivity index (χ2v) is 10.2. The number of carbonyl (C=O) groups excluding carboxylic acids is 1. The number of hydrogen-bond donors (Lipinski definition) is 3. The van der Waals surface area contributed by atoms with Crippen molar-refractivity contribution in [3.63, 3.8) is 0 Å². The molecule has 0 amide bonds. The van der Waals surface area contributed by atoms with Gasteiger partial charge in [0.2, 0.25) is 0 Å². The van der Waals surface area contributed by atoms with Gasteiger partial charge in [0.25, 0.3) is 13.7 Å². The minimum absolute atomic E-state index is 0.318. The summed E-state index contributed by atoms with van der Waals surface area (Å²) < 4.78 is 27.2. The van der Waals surface area contributed by atoms with Crippen LogP contribution in [0.1, 0.15) is 27.0 Å². The van der Waals surface area contributed by atoms with Gasteiger partial charge in [-0.1, -0.05) is 27.5 Å². The standard InChI is InChI=1S/C15H22BrClN3O8P/c1-7(2)27-12(23)8(3)19-29(25)26-6-9-11(22)15(16,17)13(28-9)20-5-4-10(21)18-14(20)24/h4-5,7-9,11,13,22,29H,6H2,1-3H3,(H,19,25)(H,18,21,24)/t8-,9-,11-,13-,15+/m1/s1. The van der Waals surface area contributed by atoms with Crippen molar-refractivity contribution in [2.24, 2.45) is 0 Å². The molecule has 164 valence electrons. The number of alkyl halides is 2. The quantitative estimate of drug-likeness (QED) is 0.253. The van der Waals surface area contributed by atoms with E-state index in [0.717, 1.165) is 10.6 Å². The van der Waals surface area contributed by atoms with Crippen molar-refractivity contribution < 1.29 is 28.5 Å². The van der Waals surface area contributed by atoms with Crippen molar-refractivity contribution in [1.29, 1.82) is 0 Å². The van der Waals surface area contributed by atoms with E-state index in [1.807, 2.05) is 0 Å². The van der Waals surface area contributed by atoms with E-state index in [0.29, 0.717) is 0 Å². The molecule has 0 bridgehead atoms. The van der Waals surface area contributed by atoms with Crippen LogP contribution in [-0.4, -0.2) is 55.4 Å². The van der Waals surface area contributed by atoms with E-state index in [2.05, 4.69) is 26.0 Å². The van der Waals surface area contributed by atoms with Gasteiger partial charge in [-0.2, -0.15) is 0 Å². The van der Waals surface area contributed by atoms with Crippen LogP contribution in [0.2, 0.25) is 0 Å². The van der Waals surface area contributed by atoms with E-state index < -0.39 is 53.7 Å². The molecule has 1 aliphatic heterocycles. The zero-order valence-electron chi connectivity index (χ0n) is 15.8. The van der Waals surface area contributed by atoms with Gasteiger partial charge in [-0.25, -0.2) is 9.88 Å². The monoisotopic (exact) mass is 517 g/mol. The molecule has 2 heterocycles. The summed E-state index contributed by atoms with van der Waals surface area (Å²) in [6.07, 6.45) is -2.74. The maximum absolute atomic E-state index is 12.1. The first-order chi connectivity index (χ1) is 13.4. The van der Waals surface area contributed by atoms with E-state index >= 15 is 0 Å². The number of halogens is 2. The highest BCUT2D eigenvalue weighted by atomic mass is 79.9. The smallest absolute Gasteiger partial charge is 0.330 e. The van der Waals surface area contributed by atoms with Crippen LogP contribution >= 0.6 is 35.7 Å². The predicted molar refractivity (Wildman–Crippen MR) is 108 cm³/mol. The fraction of sp³-hybridized carbons (Fsp3) is 0.667. The summed E-state index contributed by atoms with van der Waals surface area (Å²) in [7, 11) is -2.88. The summed E-state index contributed by atoms with van der Waals surface area (Å²) in [6.45, 7) is 4.50. The number of rotatable bonds is 8. The lowest BCUT2D eigenvalue weighted by atomic mass is 10.2. The Balaban J connectivity index is 2.00. The topological polar surface area (TPSA) is 149 Å². The fourth-order valence-corrected chi connectivity index (χ4v) is 4.28. The Morgan fingerprint density at radius 3 is 2.76 bits per heavy atom. The van der Waals surface area contributed by atoms with E-state index in [9.17, 15) is 24.1 Å². The lowest BCUT2D eigenvalue weighted by molar-refractivity contribution is -0.149. The normalized spacial score (nSPS) is 29.0. The summed E-state index contributed by atoms with van der Waals surface area (Å²) >= 11 is 9.43. The van der Waals surface area contributed by atoms with Crippen molar-refractivity contribution >= 4 is 41.7 Å². The van der Waals surface area contributed by atoms with Gasteiger partial charge in [-0.15, -0.1) is 0 Å². The number of nitrogens with one attached hydrogen (secondary N) is 2. The van der Waals surface area contributed by atoms with E-state index in [1.54, 1.807) is 13.8 Å². The average Bonchev–Trinajstić information content (AvgIpc) is 2.82. The minimum atomic E-state index is -2.88. The molecular weight excluding hydrogens is 497 g/mol. The van der Waals surface area contributed by atoms with E-state index in [4.69, 9.17) is 25.6 Å². The van der Waals surface area contributed by atoms with Crippen molar-refractivity contribution in [1.82, 2.24) is 14.6 Å². The van der Waals surface area contributed by atoms with Crippen LogP contribution in [0, 0.1) is 0 Å². The molecule has 29 heavy (non-hydrogen) atoms. The largest absolute Gasteiger partial charge is 0.462 e. The van der Waals surface area contributed by atoms with Crippen LogP contribution < -0.4 is 16.3 Å². The molecule has 2 rings (SSSR count). The maximum Gasteiger partial charge on any atom is 0.330 e. The maximum atomic E-state index is 12.1. The second kappa shape index (κ2) is 9.86. The molecule has 0 spiro atoms. The molecular formula is C15H22BrClN3O8P. The second-order valence-electron chi connectivity index (χ2n) is 6.61. The molecule has 6 atom stereocenters. The summed E-state index contributed by atoms with van der Waals surface area (Å²) in [5, 5.41) is 12.9. The lowest BCUT2D eigenvalue weighted by Gasteiger charge is -2.24. The van der Waals surface area contributed by atoms with Gasteiger partial charge >= 0.3 is 11.7 Å². The molecule has 0 radical (unpaired) electrons. The van der Waals surface area contributed by atoms with Gasteiger partial charge in [0.15, 0.2) is 10.0 Å². The first-order valence-corrected chi connectivity index (χ1v) is 11.1. The highest BCUT2D eigenvalue weighted by molar-refractivity contribution is 9.10. The zero-order chi connectivity index (χ0) is 21.9. The summed E-state index contributed by atoms with van der Waals surface area (Å²) in [5.74, 6) is -0.586. The zero-order valence-corrected chi connectivity index (χ0v) is 19.1. The number of aliphatic hydroxyl groups is 1. The highest BCUT2D eigenvalue weighted by Gasteiger charge is 2.55. The first-order valence-electron chi connectivity index (χ1n) is 8.60. The first kappa shape index (κ1) is 24.3. The number of H-pyrrole nitrogens is 1. The van der Waals surface area contributed by atoms with Crippen molar-refractivity contribution in [2.45, 2.75) is 55.1 Å². The molecule has 3 N–H and O–H groups in total. The molecule has 1 aromatic heterocycles. The summed E-state index contributed by atoms with van der Waals surface area (Å²) in [6, 6.07) is 0.232. The molecule has 1 saturated heterocycles. The molecule has 1 fully saturated rings. The molecule has 11 nitrogen and oxygen atoms in total. The van der Waals surface area contributed by atoms with E-state index in [-0.39, 0.29) is 12.7 Å². The summed E-state index contributed by atoms with van der Waals surface area (Å²) in [5.41, 5.74) is -1.39. The van der Waals surface area contributed by atoms with Crippen LogP contribution in [0.4, 0.5) is 0 Å². The van der Waals surface area contributed by atoms with Crippen LogP contribution in [0.15, 0.2) is 21.9 Å². The third kappa shape index (κ3) is 6.00. The van der Waals surface area contributed by atoms with Crippen LogP contribution in [0.5, 0.6) is 0 Å². The SMILES string of the molecule is CC(C)OC(=O)[C@@H](C)N[PH](=O)OC[C@H]1O[C@@H](n2ccc(=O)[nH]c2=O)[C@](Cl)(Br)[C@@H]1O. The van der Waals surface area contributed by atoms with E-state index in [1.165, 1.54) is 13.1 Å². The molecule has 0 saturated carbocycles.